The molecule has 5 rings (SSSR count). The Kier molecular flexibility index (Phi) is 10.9. The first-order valence-corrected chi connectivity index (χ1v) is 17.2. The standard InChI is InChI=1S/C39H51N3O2/c1-5-9-26-38(27-10-6-2)34(30-20-15-13-16-21-30)41-36(43-38)32-24-19-25-33(40-32)37-42-35(31-22-17-14-18-23-31)39(44-37,28-11-7-3)29-12-8-4/h13-25,34-35H,5-12,26-29H2,1-4H3. The molecular weight excluding hydrogens is 542 g/mol. The molecule has 0 aliphatic carbocycles. The predicted molar refractivity (Wildman–Crippen MR) is 181 cm³/mol. The molecule has 1 aromatic heterocycles. The molecule has 5 heteroatoms. The van der Waals surface area contributed by atoms with E-state index in [2.05, 4.69) is 88.4 Å². The Morgan fingerprint density at radius 1 is 0.500 bits per heavy atom. The third kappa shape index (κ3) is 6.92. The maximum absolute atomic E-state index is 6.97. The van der Waals surface area contributed by atoms with E-state index in [9.17, 15) is 0 Å². The largest absolute Gasteiger partial charge is 0.467 e. The van der Waals surface area contributed by atoms with Crippen molar-refractivity contribution in [3.05, 3.63) is 101 Å². The highest BCUT2D eigenvalue weighted by Crippen LogP contribution is 2.47. The van der Waals surface area contributed by atoms with E-state index in [0.29, 0.717) is 11.8 Å². The molecule has 3 aromatic rings. The molecule has 0 N–H and O–H groups in total. The first-order valence-electron chi connectivity index (χ1n) is 17.2. The van der Waals surface area contributed by atoms with Gasteiger partial charge < -0.3 is 9.47 Å². The van der Waals surface area contributed by atoms with Crippen molar-refractivity contribution >= 4 is 11.8 Å². The molecule has 0 amide bonds. The minimum Gasteiger partial charge on any atom is -0.467 e. The second-order valence-electron chi connectivity index (χ2n) is 12.7. The molecule has 2 aromatic carbocycles. The van der Waals surface area contributed by atoms with Gasteiger partial charge in [0, 0.05) is 0 Å². The van der Waals surface area contributed by atoms with Crippen LogP contribution in [0.5, 0.6) is 0 Å². The Balaban J connectivity index is 1.51. The minimum absolute atomic E-state index is 0.0551. The number of unbranched alkanes of at least 4 members (excludes halogenated alkanes) is 4. The van der Waals surface area contributed by atoms with Gasteiger partial charge in [-0.1, -0.05) is 120 Å². The Morgan fingerprint density at radius 2 is 0.864 bits per heavy atom. The van der Waals surface area contributed by atoms with Crippen molar-refractivity contribution in [1.82, 2.24) is 4.98 Å². The van der Waals surface area contributed by atoms with Crippen LogP contribution in [0.3, 0.4) is 0 Å². The van der Waals surface area contributed by atoms with Crippen LogP contribution in [0.15, 0.2) is 88.8 Å². The van der Waals surface area contributed by atoms with E-state index in [4.69, 9.17) is 24.4 Å². The van der Waals surface area contributed by atoms with Gasteiger partial charge in [-0.3, -0.25) is 0 Å². The zero-order chi connectivity index (χ0) is 30.8. The van der Waals surface area contributed by atoms with E-state index < -0.39 is 0 Å². The Bertz CT molecular complexity index is 1270. The highest BCUT2D eigenvalue weighted by molar-refractivity contribution is 5.98. The summed E-state index contributed by atoms with van der Waals surface area (Å²) in [6.07, 6.45) is 12.8. The van der Waals surface area contributed by atoms with Crippen molar-refractivity contribution in [1.29, 1.82) is 0 Å². The molecule has 2 aliphatic rings. The summed E-state index contributed by atoms with van der Waals surface area (Å²) in [5.74, 6) is 1.27. The van der Waals surface area contributed by atoms with E-state index in [1.165, 1.54) is 11.1 Å². The molecule has 2 unspecified atom stereocenters. The number of benzene rings is 2. The minimum atomic E-state index is -0.365. The summed E-state index contributed by atoms with van der Waals surface area (Å²) >= 11 is 0. The summed E-state index contributed by atoms with van der Waals surface area (Å²) in [6, 6.07) is 27.3. The van der Waals surface area contributed by atoms with Gasteiger partial charge in [0.05, 0.1) is 0 Å². The lowest BCUT2D eigenvalue weighted by atomic mass is 9.81. The van der Waals surface area contributed by atoms with Crippen LogP contribution in [0.1, 0.15) is 139 Å². The lowest BCUT2D eigenvalue weighted by Gasteiger charge is -2.34. The molecule has 2 atom stereocenters. The molecule has 0 radical (unpaired) electrons. The molecule has 234 valence electrons. The maximum Gasteiger partial charge on any atom is 0.236 e. The van der Waals surface area contributed by atoms with Gasteiger partial charge in [0.1, 0.15) is 34.7 Å². The number of nitrogens with zero attached hydrogens (tertiary/aromatic N) is 3. The number of hydrogen-bond donors (Lipinski definition) is 0. The van der Waals surface area contributed by atoms with E-state index in [0.717, 1.165) is 88.4 Å². The maximum atomic E-state index is 6.97. The van der Waals surface area contributed by atoms with Crippen LogP contribution in [0.4, 0.5) is 0 Å². The first kappa shape index (κ1) is 31.9. The third-order valence-corrected chi connectivity index (χ3v) is 9.32. The smallest absolute Gasteiger partial charge is 0.236 e. The fourth-order valence-electron chi connectivity index (χ4n) is 6.86. The van der Waals surface area contributed by atoms with Gasteiger partial charge in [-0.25, -0.2) is 15.0 Å². The van der Waals surface area contributed by atoms with Gasteiger partial charge in [-0.15, -0.1) is 0 Å². The Morgan fingerprint density at radius 3 is 1.20 bits per heavy atom. The van der Waals surface area contributed by atoms with Crippen molar-refractivity contribution in [2.45, 2.75) is 128 Å². The topological polar surface area (TPSA) is 56.1 Å². The number of hydrogen-bond acceptors (Lipinski definition) is 5. The summed E-state index contributed by atoms with van der Waals surface area (Å²) in [4.78, 5) is 15.7. The summed E-state index contributed by atoms with van der Waals surface area (Å²) < 4.78 is 13.9. The number of rotatable bonds is 16. The second-order valence-corrected chi connectivity index (χ2v) is 12.7. The van der Waals surface area contributed by atoms with Crippen LogP contribution in [0, 0.1) is 0 Å². The monoisotopic (exact) mass is 593 g/mol. The third-order valence-electron chi connectivity index (χ3n) is 9.32. The fourth-order valence-corrected chi connectivity index (χ4v) is 6.86. The molecule has 0 spiro atoms. The van der Waals surface area contributed by atoms with E-state index in [1.807, 2.05) is 18.2 Å². The van der Waals surface area contributed by atoms with E-state index in [1.54, 1.807) is 0 Å². The molecular formula is C39H51N3O2. The molecule has 0 bridgehead atoms. The molecule has 0 saturated carbocycles. The average Bonchev–Trinajstić information content (AvgIpc) is 3.65. The summed E-state index contributed by atoms with van der Waals surface area (Å²) in [5.41, 5.74) is 3.18. The summed E-state index contributed by atoms with van der Waals surface area (Å²) in [7, 11) is 0. The van der Waals surface area contributed by atoms with Crippen LogP contribution in [0.2, 0.25) is 0 Å². The number of pyridine rings is 1. The quantitative estimate of drug-likeness (QED) is 0.166. The summed E-state index contributed by atoms with van der Waals surface area (Å²) in [5, 5.41) is 0. The molecule has 44 heavy (non-hydrogen) atoms. The SMILES string of the molecule is CCCCC1(CCCC)OC(c2cccc(C3=NC(c4ccccc4)C(CCCC)(CCCC)O3)n2)=NC1c1ccccc1. The van der Waals surface area contributed by atoms with Gasteiger partial charge in [0.2, 0.25) is 11.8 Å². The molecule has 0 saturated heterocycles. The van der Waals surface area contributed by atoms with Gasteiger partial charge in [0.25, 0.3) is 0 Å². The fraction of sp³-hybridized carbons (Fsp3) is 0.513. The van der Waals surface area contributed by atoms with Gasteiger partial charge in [-0.05, 0) is 74.6 Å². The molecule has 2 aliphatic heterocycles. The van der Waals surface area contributed by atoms with Crippen molar-refractivity contribution in [3.63, 3.8) is 0 Å². The van der Waals surface area contributed by atoms with E-state index in [-0.39, 0.29) is 23.3 Å². The molecule has 0 fully saturated rings. The number of aromatic nitrogens is 1. The van der Waals surface area contributed by atoms with Crippen LogP contribution in [0.25, 0.3) is 0 Å². The first-order chi connectivity index (χ1) is 21.6. The lowest BCUT2D eigenvalue weighted by Crippen LogP contribution is -2.36. The van der Waals surface area contributed by atoms with Crippen LogP contribution in [-0.4, -0.2) is 28.0 Å². The Labute approximate surface area is 265 Å². The number of aliphatic imine (C=N–C) groups is 2. The summed E-state index contributed by atoms with van der Waals surface area (Å²) in [6.45, 7) is 9.00. The van der Waals surface area contributed by atoms with E-state index >= 15 is 0 Å². The van der Waals surface area contributed by atoms with Crippen molar-refractivity contribution in [3.8, 4) is 0 Å². The number of ether oxygens (including phenoxy) is 2. The van der Waals surface area contributed by atoms with Crippen molar-refractivity contribution < 1.29 is 9.47 Å². The normalized spacial score (nSPS) is 20.1. The highest BCUT2D eigenvalue weighted by atomic mass is 16.5. The van der Waals surface area contributed by atoms with Crippen molar-refractivity contribution in [2.75, 3.05) is 0 Å². The Hall–Kier alpha value is -3.47. The van der Waals surface area contributed by atoms with Gasteiger partial charge in [0.15, 0.2) is 0 Å². The highest BCUT2D eigenvalue weighted by Gasteiger charge is 2.48. The molecule has 5 nitrogen and oxygen atoms in total. The zero-order valence-electron chi connectivity index (χ0n) is 27.3. The second kappa shape index (κ2) is 15.0. The van der Waals surface area contributed by atoms with Gasteiger partial charge in [-0.2, -0.15) is 0 Å². The van der Waals surface area contributed by atoms with Crippen LogP contribution >= 0.6 is 0 Å². The van der Waals surface area contributed by atoms with Crippen LogP contribution in [-0.2, 0) is 9.47 Å². The average molecular weight is 594 g/mol. The lowest BCUT2D eigenvalue weighted by molar-refractivity contribution is 0.0324. The van der Waals surface area contributed by atoms with Crippen LogP contribution < -0.4 is 0 Å². The predicted octanol–water partition coefficient (Wildman–Crippen LogP) is 10.4. The van der Waals surface area contributed by atoms with Gasteiger partial charge >= 0.3 is 0 Å². The zero-order valence-corrected chi connectivity index (χ0v) is 27.3. The molecule has 3 heterocycles. The van der Waals surface area contributed by atoms with Crippen molar-refractivity contribution in [2.24, 2.45) is 9.98 Å².